The van der Waals surface area contributed by atoms with E-state index in [0.717, 1.165) is 0 Å². The van der Waals surface area contributed by atoms with Crippen LogP contribution < -0.4 is 10.9 Å². The van der Waals surface area contributed by atoms with Crippen LogP contribution in [0, 0.1) is 5.82 Å². The second-order valence-electron chi connectivity index (χ2n) is 6.00. The molecule has 0 aliphatic heterocycles. The van der Waals surface area contributed by atoms with Gasteiger partial charge in [-0.25, -0.2) is 9.37 Å². The van der Waals surface area contributed by atoms with E-state index in [2.05, 4.69) is 10.3 Å². The number of hydrogen-bond acceptors (Lipinski definition) is 4. The Bertz CT molecular complexity index is 990. The molecule has 3 aromatic rings. The van der Waals surface area contributed by atoms with Gasteiger partial charge >= 0.3 is 0 Å². The minimum absolute atomic E-state index is 0.124. The fraction of sp³-hybridized carbons (Fsp3) is 0.250. The number of aromatic nitrogens is 2. The van der Waals surface area contributed by atoms with E-state index in [1.165, 1.54) is 17.0 Å². The van der Waals surface area contributed by atoms with Gasteiger partial charge in [0.1, 0.15) is 5.82 Å². The summed E-state index contributed by atoms with van der Waals surface area (Å²) in [5, 5.41) is 3.37. The molecular formula is C20H20FN3O2S. The van der Waals surface area contributed by atoms with Crippen molar-refractivity contribution in [1.82, 2.24) is 14.9 Å². The standard InChI is InChI=1S/C20H20FN3O2S/c21-17-7-3-1-5-15(17)13-27-12-10-22-19(25)9-11-24-14-23-18-8-4-2-6-16(18)20(24)26/h1-8,14H,9-13H2,(H,22,25). The summed E-state index contributed by atoms with van der Waals surface area (Å²) in [6, 6.07) is 13.8. The first-order valence-corrected chi connectivity index (χ1v) is 9.82. The lowest BCUT2D eigenvalue weighted by Crippen LogP contribution is -2.29. The Labute approximate surface area is 160 Å². The molecule has 0 saturated heterocycles. The molecule has 1 amide bonds. The zero-order chi connectivity index (χ0) is 19.1. The SMILES string of the molecule is O=C(CCn1cnc2ccccc2c1=O)NCCSCc1ccccc1F. The van der Waals surface area contributed by atoms with Crippen LogP contribution >= 0.6 is 11.8 Å². The van der Waals surface area contributed by atoms with Crippen LogP contribution in [0.15, 0.2) is 59.7 Å². The van der Waals surface area contributed by atoms with Gasteiger partial charge in [0, 0.05) is 31.0 Å². The number of thioether (sulfide) groups is 1. The number of rotatable bonds is 8. The highest BCUT2D eigenvalue weighted by Gasteiger charge is 2.06. The van der Waals surface area contributed by atoms with Gasteiger partial charge in [0.15, 0.2) is 0 Å². The zero-order valence-electron chi connectivity index (χ0n) is 14.7. The molecule has 0 unspecified atom stereocenters. The number of carbonyl (C=O) groups excluding carboxylic acids is 1. The minimum atomic E-state index is -0.205. The monoisotopic (exact) mass is 385 g/mol. The maximum Gasteiger partial charge on any atom is 0.261 e. The van der Waals surface area contributed by atoms with E-state index in [1.54, 1.807) is 42.1 Å². The second-order valence-corrected chi connectivity index (χ2v) is 7.11. The van der Waals surface area contributed by atoms with Crippen molar-refractivity contribution in [2.45, 2.75) is 18.7 Å². The molecule has 1 heterocycles. The third-order valence-electron chi connectivity index (χ3n) is 4.10. The Morgan fingerprint density at radius 1 is 1.15 bits per heavy atom. The molecule has 1 N–H and O–H groups in total. The summed E-state index contributed by atoms with van der Waals surface area (Å²) < 4.78 is 15.0. The molecule has 0 atom stereocenters. The van der Waals surface area contributed by atoms with Gasteiger partial charge in [-0.15, -0.1) is 0 Å². The van der Waals surface area contributed by atoms with Gasteiger partial charge in [-0.3, -0.25) is 14.2 Å². The molecule has 0 fully saturated rings. The predicted octanol–water partition coefficient (Wildman–Crippen LogP) is 2.98. The highest BCUT2D eigenvalue weighted by Crippen LogP contribution is 2.14. The number of aryl methyl sites for hydroxylation is 1. The van der Waals surface area contributed by atoms with Crippen LogP contribution in [0.1, 0.15) is 12.0 Å². The number of hydrogen-bond donors (Lipinski definition) is 1. The summed E-state index contributed by atoms with van der Waals surface area (Å²) in [4.78, 5) is 28.6. The third-order valence-corrected chi connectivity index (χ3v) is 5.10. The molecular weight excluding hydrogens is 365 g/mol. The number of fused-ring (bicyclic) bond motifs is 1. The Morgan fingerprint density at radius 2 is 1.93 bits per heavy atom. The summed E-state index contributed by atoms with van der Waals surface area (Å²) in [6.45, 7) is 0.785. The van der Waals surface area contributed by atoms with Crippen LogP contribution in [0.2, 0.25) is 0 Å². The van der Waals surface area contributed by atoms with Gasteiger partial charge in [0.05, 0.1) is 17.2 Å². The summed E-state index contributed by atoms with van der Waals surface area (Å²) in [5.41, 5.74) is 1.17. The fourth-order valence-corrected chi connectivity index (χ4v) is 3.48. The predicted molar refractivity (Wildman–Crippen MR) is 106 cm³/mol. The highest BCUT2D eigenvalue weighted by molar-refractivity contribution is 7.98. The molecule has 3 rings (SSSR count). The highest BCUT2D eigenvalue weighted by atomic mass is 32.2. The van der Waals surface area contributed by atoms with Gasteiger partial charge in [-0.05, 0) is 23.8 Å². The number of para-hydroxylation sites is 1. The Kier molecular flexibility index (Phi) is 6.59. The van der Waals surface area contributed by atoms with Crippen molar-refractivity contribution < 1.29 is 9.18 Å². The number of amides is 1. The Balaban J connectivity index is 1.41. The van der Waals surface area contributed by atoms with E-state index in [4.69, 9.17) is 0 Å². The maximum atomic E-state index is 13.5. The van der Waals surface area contributed by atoms with Crippen molar-refractivity contribution in [1.29, 1.82) is 0 Å². The van der Waals surface area contributed by atoms with Crippen molar-refractivity contribution in [2.24, 2.45) is 0 Å². The van der Waals surface area contributed by atoms with Crippen LogP contribution in [0.4, 0.5) is 4.39 Å². The Hall–Kier alpha value is -2.67. The van der Waals surface area contributed by atoms with Crippen LogP contribution in [-0.4, -0.2) is 27.8 Å². The van der Waals surface area contributed by atoms with E-state index < -0.39 is 0 Å². The van der Waals surface area contributed by atoms with Crippen LogP contribution in [0.25, 0.3) is 10.9 Å². The van der Waals surface area contributed by atoms with Gasteiger partial charge in [-0.2, -0.15) is 11.8 Å². The van der Waals surface area contributed by atoms with Crippen LogP contribution in [0.5, 0.6) is 0 Å². The number of carbonyl (C=O) groups is 1. The maximum absolute atomic E-state index is 13.5. The van der Waals surface area contributed by atoms with Crippen molar-refractivity contribution >= 4 is 28.6 Å². The quantitative estimate of drug-likeness (QED) is 0.606. The summed E-state index contributed by atoms with van der Waals surface area (Å²) in [7, 11) is 0. The minimum Gasteiger partial charge on any atom is -0.355 e. The molecule has 5 nitrogen and oxygen atoms in total. The average molecular weight is 385 g/mol. The van der Waals surface area contributed by atoms with Crippen molar-refractivity contribution in [3.05, 3.63) is 76.6 Å². The molecule has 0 spiro atoms. The van der Waals surface area contributed by atoms with Crippen molar-refractivity contribution in [3.8, 4) is 0 Å². The van der Waals surface area contributed by atoms with E-state index in [0.29, 0.717) is 34.5 Å². The number of benzene rings is 2. The first kappa shape index (κ1) is 19.1. The van der Waals surface area contributed by atoms with Gasteiger partial charge in [0.25, 0.3) is 5.56 Å². The van der Waals surface area contributed by atoms with Crippen molar-refractivity contribution in [2.75, 3.05) is 12.3 Å². The Morgan fingerprint density at radius 3 is 2.78 bits per heavy atom. The number of halogens is 1. The third kappa shape index (κ3) is 5.17. The molecule has 0 aliphatic rings. The van der Waals surface area contributed by atoms with Crippen molar-refractivity contribution in [3.63, 3.8) is 0 Å². The summed E-state index contributed by atoms with van der Waals surface area (Å²) >= 11 is 1.56. The van der Waals surface area contributed by atoms with E-state index in [1.807, 2.05) is 12.1 Å². The molecule has 27 heavy (non-hydrogen) atoms. The van der Waals surface area contributed by atoms with E-state index in [-0.39, 0.29) is 30.2 Å². The normalized spacial score (nSPS) is 10.9. The first-order valence-electron chi connectivity index (χ1n) is 8.67. The average Bonchev–Trinajstić information content (AvgIpc) is 2.69. The van der Waals surface area contributed by atoms with Gasteiger partial charge < -0.3 is 5.32 Å². The molecule has 0 bridgehead atoms. The fourth-order valence-electron chi connectivity index (χ4n) is 2.64. The molecule has 0 radical (unpaired) electrons. The molecule has 1 aromatic heterocycles. The molecule has 140 valence electrons. The molecule has 7 heteroatoms. The smallest absolute Gasteiger partial charge is 0.261 e. The zero-order valence-corrected chi connectivity index (χ0v) is 15.5. The van der Waals surface area contributed by atoms with E-state index >= 15 is 0 Å². The van der Waals surface area contributed by atoms with Crippen LogP contribution in [0.3, 0.4) is 0 Å². The lowest BCUT2D eigenvalue weighted by molar-refractivity contribution is -0.121. The van der Waals surface area contributed by atoms with Gasteiger partial charge in [-0.1, -0.05) is 30.3 Å². The van der Waals surface area contributed by atoms with Gasteiger partial charge in [0.2, 0.25) is 5.91 Å². The lowest BCUT2D eigenvalue weighted by atomic mass is 10.2. The van der Waals surface area contributed by atoms with E-state index in [9.17, 15) is 14.0 Å². The molecule has 0 aliphatic carbocycles. The summed E-state index contributed by atoms with van der Waals surface area (Å²) in [5.74, 6) is 0.933. The lowest BCUT2D eigenvalue weighted by Gasteiger charge is -2.08. The van der Waals surface area contributed by atoms with Crippen LogP contribution in [-0.2, 0) is 17.1 Å². The molecule has 0 saturated carbocycles. The molecule has 2 aromatic carbocycles. The largest absolute Gasteiger partial charge is 0.355 e. The topological polar surface area (TPSA) is 64.0 Å². The first-order chi connectivity index (χ1) is 13.1. The number of nitrogens with zero attached hydrogens (tertiary/aromatic N) is 2. The summed E-state index contributed by atoms with van der Waals surface area (Å²) in [6.07, 6.45) is 1.68. The number of nitrogens with one attached hydrogen (secondary N) is 1. The second kappa shape index (κ2) is 9.32.